The first-order chi connectivity index (χ1) is 10.1. The van der Waals surface area contributed by atoms with Gasteiger partial charge in [-0.15, -0.1) is 11.3 Å². The highest BCUT2D eigenvalue weighted by Gasteiger charge is 2.12. The molecular weight excluding hydrogens is 304 g/mol. The Kier molecular flexibility index (Phi) is 3.99. The summed E-state index contributed by atoms with van der Waals surface area (Å²) in [6.07, 6.45) is 1.69. The van der Waals surface area contributed by atoms with Crippen LogP contribution in [0.15, 0.2) is 57.5 Å². The van der Waals surface area contributed by atoms with E-state index >= 15 is 0 Å². The predicted octanol–water partition coefficient (Wildman–Crippen LogP) is 5.28. The molecule has 0 aliphatic carbocycles. The molecule has 1 aromatic carbocycles. The van der Waals surface area contributed by atoms with Crippen molar-refractivity contribution in [3.8, 4) is 11.5 Å². The molecule has 3 aromatic rings. The van der Waals surface area contributed by atoms with Crippen LogP contribution in [0.4, 0.5) is 5.69 Å². The van der Waals surface area contributed by atoms with Crippen LogP contribution >= 0.6 is 22.9 Å². The Hall–Kier alpha value is -1.78. The van der Waals surface area contributed by atoms with Crippen molar-refractivity contribution in [2.45, 2.75) is 19.9 Å². The number of aromatic nitrogens is 1. The number of halogens is 1. The molecule has 0 aliphatic rings. The molecule has 3 nitrogen and oxygen atoms in total. The molecule has 0 N–H and O–H groups in total. The molecule has 0 amide bonds. The van der Waals surface area contributed by atoms with Gasteiger partial charge >= 0.3 is 0 Å². The molecular formula is C16H15ClN2OS. The van der Waals surface area contributed by atoms with Crippen molar-refractivity contribution in [3.63, 3.8) is 0 Å². The van der Waals surface area contributed by atoms with E-state index in [2.05, 4.69) is 23.8 Å². The SMILES string of the molecule is CC(C)n1c(-c2ccco2)csc1=Nc1ccc(Cl)cc1. The summed E-state index contributed by atoms with van der Waals surface area (Å²) < 4.78 is 7.70. The fourth-order valence-electron chi connectivity index (χ4n) is 2.13. The van der Waals surface area contributed by atoms with Crippen LogP contribution in [0.25, 0.3) is 11.5 Å². The predicted molar refractivity (Wildman–Crippen MR) is 87.1 cm³/mol. The first-order valence-corrected chi connectivity index (χ1v) is 7.95. The number of benzene rings is 1. The van der Waals surface area contributed by atoms with Gasteiger partial charge < -0.3 is 8.98 Å². The molecule has 108 valence electrons. The zero-order valence-electron chi connectivity index (χ0n) is 11.8. The normalized spacial score (nSPS) is 12.3. The number of rotatable bonds is 3. The monoisotopic (exact) mass is 318 g/mol. The van der Waals surface area contributed by atoms with Crippen LogP contribution in [-0.4, -0.2) is 4.57 Å². The molecule has 0 spiro atoms. The number of furan rings is 1. The fourth-order valence-corrected chi connectivity index (χ4v) is 3.29. The summed E-state index contributed by atoms with van der Waals surface area (Å²) in [6.45, 7) is 4.28. The van der Waals surface area contributed by atoms with Crippen LogP contribution in [0.3, 0.4) is 0 Å². The largest absolute Gasteiger partial charge is 0.463 e. The van der Waals surface area contributed by atoms with Crippen molar-refractivity contribution >= 4 is 28.6 Å². The number of nitrogens with zero attached hydrogens (tertiary/aromatic N) is 2. The van der Waals surface area contributed by atoms with Gasteiger partial charge in [0.05, 0.1) is 17.6 Å². The molecule has 0 saturated carbocycles. The molecule has 0 atom stereocenters. The van der Waals surface area contributed by atoms with Gasteiger partial charge in [-0.3, -0.25) is 0 Å². The highest BCUT2D eigenvalue weighted by molar-refractivity contribution is 7.07. The maximum atomic E-state index is 5.91. The van der Waals surface area contributed by atoms with Crippen LogP contribution in [-0.2, 0) is 0 Å². The summed E-state index contributed by atoms with van der Waals surface area (Å²) in [4.78, 5) is 5.66. The highest BCUT2D eigenvalue weighted by atomic mass is 35.5. The van der Waals surface area contributed by atoms with Crippen LogP contribution in [0.1, 0.15) is 19.9 Å². The van der Waals surface area contributed by atoms with E-state index in [0.717, 1.165) is 21.9 Å². The first kappa shape index (κ1) is 14.2. The Morgan fingerprint density at radius 2 is 1.95 bits per heavy atom. The van der Waals surface area contributed by atoms with Crippen LogP contribution in [0, 0.1) is 0 Å². The molecule has 21 heavy (non-hydrogen) atoms. The summed E-state index contributed by atoms with van der Waals surface area (Å²) in [5, 5.41) is 2.79. The van der Waals surface area contributed by atoms with Gasteiger partial charge in [0.25, 0.3) is 0 Å². The topological polar surface area (TPSA) is 30.4 Å². The van der Waals surface area contributed by atoms with Crippen LogP contribution in [0.2, 0.25) is 5.02 Å². The molecule has 0 fully saturated rings. The Balaban J connectivity index is 2.13. The van der Waals surface area contributed by atoms with Gasteiger partial charge in [0.15, 0.2) is 10.6 Å². The quantitative estimate of drug-likeness (QED) is 0.646. The van der Waals surface area contributed by atoms with Crippen molar-refractivity contribution < 1.29 is 4.42 Å². The molecule has 0 bridgehead atoms. The minimum Gasteiger partial charge on any atom is -0.463 e. The van der Waals surface area contributed by atoms with Gasteiger partial charge in [0.1, 0.15) is 0 Å². The van der Waals surface area contributed by atoms with Gasteiger partial charge in [-0.2, -0.15) is 0 Å². The van der Waals surface area contributed by atoms with E-state index < -0.39 is 0 Å². The van der Waals surface area contributed by atoms with Crippen molar-refractivity contribution in [1.29, 1.82) is 0 Å². The third-order valence-electron chi connectivity index (χ3n) is 3.08. The fraction of sp³-hybridized carbons (Fsp3) is 0.188. The Bertz CT molecular complexity index is 783. The second-order valence-corrected chi connectivity index (χ2v) is 6.21. The average Bonchev–Trinajstić information content (AvgIpc) is 3.10. The molecule has 0 saturated heterocycles. The highest BCUT2D eigenvalue weighted by Crippen LogP contribution is 2.24. The molecule has 0 aliphatic heterocycles. The Labute approximate surface area is 132 Å². The number of thiazole rings is 1. The summed E-state index contributed by atoms with van der Waals surface area (Å²) in [5.74, 6) is 0.859. The zero-order valence-corrected chi connectivity index (χ0v) is 13.4. The third-order valence-corrected chi connectivity index (χ3v) is 4.17. The standard InChI is InChI=1S/C16H15ClN2OS/c1-11(2)19-14(15-4-3-9-20-15)10-21-16(19)18-13-7-5-12(17)6-8-13/h3-11H,1-2H3. The van der Waals surface area contributed by atoms with Crippen LogP contribution in [0.5, 0.6) is 0 Å². The lowest BCUT2D eigenvalue weighted by Gasteiger charge is -2.10. The van der Waals surface area contributed by atoms with E-state index in [9.17, 15) is 0 Å². The summed E-state index contributed by atoms with van der Waals surface area (Å²) in [5.41, 5.74) is 1.94. The van der Waals surface area contributed by atoms with Gasteiger partial charge in [0, 0.05) is 16.4 Å². The smallest absolute Gasteiger partial charge is 0.190 e. The number of hydrogen-bond acceptors (Lipinski definition) is 3. The van der Waals surface area contributed by atoms with E-state index in [0.29, 0.717) is 11.1 Å². The zero-order chi connectivity index (χ0) is 14.8. The molecule has 2 heterocycles. The van der Waals surface area contributed by atoms with E-state index in [-0.39, 0.29) is 0 Å². The lowest BCUT2D eigenvalue weighted by molar-refractivity contribution is 0.548. The summed E-state index contributed by atoms with van der Waals surface area (Å²) in [6, 6.07) is 11.7. The Morgan fingerprint density at radius 3 is 2.57 bits per heavy atom. The van der Waals surface area contributed by atoms with Gasteiger partial charge in [-0.05, 0) is 50.2 Å². The number of hydrogen-bond donors (Lipinski definition) is 0. The second kappa shape index (κ2) is 5.92. The summed E-state index contributed by atoms with van der Waals surface area (Å²) >= 11 is 7.52. The maximum Gasteiger partial charge on any atom is 0.190 e. The molecule has 2 aromatic heterocycles. The maximum absolute atomic E-state index is 5.91. The molecule has 0 unspecified atom stereocenters. The van der Waals surface area contributed by atoms with Crippen molar-refractivity contribution in [1.82, 2.24) is 4.57 Å². The van der Waals surface area contributed by atoms with E-state index in [1.807, 2.05) is 36.4 Å². The summed E-state index contributed by atoms with van der Waals surface area (Å²) in [7, 11) is 0. The lowest BCUT2D eigenvalue weighted by Crippen LogP contribution is -2.17. The minimum absolute atomic E-state index is 0.294. The third kappa shape index (κ3) is 2.96. The van der Waals surface area contributed by atoms with Gasteiger partial charge in [-0.25, -0.2) is 4.99 Å². The lowest BCUT2D eigenvalue weighted by atomic mass is 10.3. The second-order valence-electron chi connectivity index (χ2n) is 4.93. The molecule has 3 rings (SSSR count). The average molecular weight is 319 g/mol. The van der Waals surface area contributed by atoms with Crippen LogP contribution < -0.4 is 4.80 Å². The van der Waals surface area contributed by atoms with E-state index in [4.69, 9.17) is 21.0 Å². The van der Waals surface area contributed by atoms with E-state index in [1.165, 1.54) is 0 Å². The van der Waals surface area contributed by atoms with Gasteiger partial charge in [-0.1, -0.05) is 11.6 Å². The van der Waals surface area contributed by atoms with Crippen molar-refractivity contribution in [2.24, 2.45) is 4.99 Å². The molecule has 0 radical (unpaired) electrons. The van der Waals surface area contributed by atoms with Crippen molar-refractivity contribution in [3.05, 3.63) is 57.9 Å². The van der Waals surface area contributed by atoms with Crippen molar-refractivity contribution in [2.75, 3.05) is 0 Å². The molecule has 5 heteroatoms. The van der Waals surface area contributed by atoms with E-state index in [1.54, 1.807) is 17.6 Å². The van der Waals surface area contributed by atoms with Gasteiger partial charge in [0.2, 0.25) is 0 Å². The Morgan fingerprint density at radius 1 is 1.19 bits per heavy atom. The minimum atomic E-state index is 0.294. The first-order valence-electron chi connectivity index (χ1n) is 6.69.